The minimum Gasteiger partial charge on any atom is -0.497 e. The zero-order chi connectivity index (χ0) is 28.9. The third kappa shape index (κ3) is 6.14. The quantitative estimate of drug-likeness (QED) is 0.436. The van der Waals surface area contributed by atoms with E-state index in [-0.39, 0.29) is 12.6 Å². The first-order valence-corrected chi connectivity index (χ1v) is 13.9. The number of methoxy groups -OCH3 is 1. The number of nitrogens with zero attached hydrogens (tertiary/aromatic N) is 4. The monoisotopic (exact) mass is 548 g/mol. The Hall–Kier alpha value is -3.75. The molecule has 2 atom stereocenters. The Kier molecular flexibility index (Phi) is 9.00. The lowest BCUT2D eigenvalue weighted by Crippen LogP contribution is -2.54. The smallest absolute Gasteiger partial charge is 0.326 e. The number of urea groups is 1. The Morgan fingerprint density at radius 2 is 1.59 bits per heavy atom. The molecule has 4 radical (unpaired) electrons. The van der Waals surface area contributed by atoms with E-state index >= 15 is 0 Å². The second kappa shape index (κ2) is 12.8. The summed E-state index contributed by atoms with van der Waals surface area (Å²) in [5.41, 5.74) is 3.86. The molecule has 0 aliphatic carbocycles. The van der Waals surface area contributed by atoms with Crippen LogP contribution < -0.4 is 20.4 Å². The van der Waals surface area contributed by atoms with Crippen LogP contribution in [-0.2, 0) is 0 Å². The average Bonchev–Trinajstić information content (AvgIpc) is 3.38. The molecule has 41 heavy (non-hydrogen) atoms. The van der Waals surface area contributed by atoms with E-state index in [1.54, 1.807) is 12.0 Å². The molecule has 1 saturated heterocycles. The molecule has 2 unspecified atom stereocenters. The highest BCUT2D eigenvalue weighted by molar-refractivity contribution is 6.32. The maximum absolute atomic E-state index is 14.5. The van der Waals surface area contributed by atoms with Gasteiger partial charge in [-0.15, -0.1) is 0 Å². The van der Waals surface area contributed by atoms with Crippen LogP contribution >= 0.6 is 0 Å². The summed E-state index contributed by atoms with van der Waals surface area (Å²) in [4.78, 5) is 25.6. The topological polar surface area (TPSA) is 77.8 Å². The minimum absolute atomic E-state index is 0.0943. The highest BCUT2D eigenvalue weighted by atomic mass is 16.5. The van der Waals surface area contributed by atoms with E-state index in [1.165, 1.54) is 0 Å². The van der Waals surface area contributed by atoms with Crippen LogP contribution in [-0.4, -0.2) is 100 Å². The van der Waals surface area contributed by atoms with Gasteiger partial charge in [-0.2, -0.15) is 0 Å². The van der Waals surface area contributed by atoms with E-state index < -0.39 is 12.1 Å². The van der Waals surface area contributed by atoms with Crippen LogP contribution in [0.2, 0.25) is 0 Å². The van der Waals surface area contributed by atoms with Gasteiger partial charge in [0.1, 0.15) is 39.1 Å². The molecule has 8 nitrogen and oxygen atoms in total. The predicted molar refractivity (Wildman–Crippen MR) is 162 cm³/mol. The number of piperazine rings is 1. The number of ether oxygens (including phenoxy) is 2. The lowest BCUT2D eigenvalue weighted by atomic mass is 9.88. The first kappa shape index (κ1) is 28.8. The second-order valence-corrected chi connectivity index (χ2v) is 10.2. The predicted octanol–water partition coefficient (Wildman–Crippen LogP) is 1.96. The first-order chi connectivity index (χ1) is 19.9. The zero-order valence-electron chi connectivity index (χ0n) is 23.6. The molecule has 208 valence electrons. The van der Waals surface area contributed by atoms with E-state index in [0.717, 1.165) is 11.1 Å². The Balaban J connectivity index is 1.64. The summed E-state index contributed by atoms with van der Waals surface area (Å²) in [5, 5.41) is 9.39. The van der Waals surface area contributed by atoms with Crippen molar-refractivity contribution in [2.45, 2.75) is 19.0 Å². The van der Waals surface area contributed by atoms with Crippen LogP contribution in [0, 0.1) is 0 Å². The minimum atomic E-state index is -0.436. The van der Waals surface area contributed by atoms with E-state index in [4.69, 9.17) is 30.2 Å². The van der Waals surface area contributed by atoms with Gasteiger partial charge in [-0.3, -0.25) is 14.8 Å². The highest BCUT2D eigenvalue weighted by Crippen LogP contribution is 2.45. The molecular weight excluding hydrogens is 514 g/mol. The summed E-state index contributed by atoms with van der Waals surface area (Å²) in [5.74, 6) is 1.77. The van der Waals surface area contributed by atoms with Crippen molar-refractivity contribution < 1.29 is 19.4 Å². The summed E-state index contributed by atoms with van der Waals surface area (Å²) < 4.78 is 11.5. The number of amidine groups is 1. The van der Waals surface area contributed by atoms with Crippen molar-refractivity contribution in [2.24, 2.45) is 4.99 Å². The second-order valence-electron chi connectivity index (χ2n) is 10.2. The van der Waals surface area contributed by atoms with Gasteiger partial charge in [-0.05, 0) is 30.2 Å². The maximum Gasteiger partial charge on any atom is 0.326 e. The molecule has 0 bridgehead atoms. The van der Waals surface area contributed by atoms with Crippen LogP contribution in [0.1, 0.15) is 35.7 Å². The summed E-state index contributed by atoms with van der Waals surface area (Å²) in [7, 11) is 13.7. The van der Waals surface area contributed by atoms with Gasteiger partial charge < -0.3 is 19.5 Å². The SMILES string of the molecule is [B]c1ccc(C2N=C(c3ccc(OC)cc3OCC)N(C(=O)N3CCN(CCO)CC3)C2c2ccc([B])cc2)cc1. The molecule has 2 heterocycles. The third-order valence-corrected chi connectivity index (χ3v) is 7.62. The lowest BCUT2D eigenvalue weighted by Gasteiger charge is -2.39. The normalized spacial score (nSPS) is 19.2. The number of rotatable bonds is 8. The summed E-state index contributed by atoms with van der Waals surface area (Å²) in [6, 6.07) is 19.9. The van der Waals surface area contributed by atoms with Gasteiger partial charge in [-0.1, -0.05) is 59.5 Å². The van der Waals surface area contributed by atoms with E-state index in [9.17, 15) is 9.90 Å². The van der Waals surface area contributed by atoms with E-state index in [0.29, 0.717) is 73.2 Å². The van der Waals surface area contributed by atoms with Gasteiger partial charge in [0.15, 0.2) is 0 Å². The number of benzene rings is 3. The molecule has 2 aliphatic rings. The van der Waals surface area contributed by atoms with Crippen LogP contribution in [0.3, 0.4) is 0 Å². The third-order valence-electron chi connectivity index (χ3n) is 7.62. The zero-order valence-corrected chi connectivity index (χ0v) is 23.6. The summed E-state index contributed by atoms with van der Waals surface area (Å²) in [6.45, 7) is 5.52. The van der Waals surface area contributed by atoms with E-state index in [1.807, 2.05) is 78.6 Å². The molecule has 5 rings (SSSR count). The van der Waals surface area contributed by atoms with Gasteiger partial charge >= 0.3 is 6.03 Å². The van der Waals surface area contributed by atoms with Crippen LogP contribution in [0.5, 0.6) is 11.5 Å². The number of aliphatic hydroxyl groups is 1. The van der Waals surface area contributed by atoms with E-state index in [2.05, 4.69) is 4.90 Å². The molecule has 1 N–H and O–H groups in total. The average molecular weight is 548 g/mol. The first-order valence-electron chi connectivity index (χ1n) is 13.9. The molecule has 0 spiro atoms. The van der Waals surface area contributed by atoms with Crippen molar-refractivity contribution in [3.8, 4) is 11.5 Å². The fraction of sp³-hybridized carbons (Fsp3) is 0.355. The molecule has 3 aromatic carbocycles. The lowest BCUT2D eigenvalue weighted by molar-refractivity contribution is 0.108. The fourth-order valence-electron chi connectivity index (χ4n) is 5.47. The number of aliphatic imine (C=N–C) groups is 1. The van der Waals surface area contributed by atoms with Crippen molar-refractivity contribution in [2.75, 3.05) is 53.0 Å². The molecule has 0 saturated carbocycles. The van der Waals surface area contributed by atoms with Gasteiger partial charge in [0.2, 0.25) is 0 Å². The largest absolute Gasteiger partial charge is 0.497 e. The van der Waals surface area contributed by atoms with Crippen LogP contribution in [0.25, 0.3) is 0 Å². The number of carbonyl (C=O) groups excluding carboxylic acids is 1. The van der Waals surface area contributed by atoms with Gasteiger partial charge in [0.25, 0.3) is 0 Å². The van der Waals surface area contributed by atoms with Crippen molar-refractivity contribution in [1.82, 2.24) is 14.7 Å². The highest BCUT2D eigenvalue weighted by Gasteiger charge is 2.44. The van der Waals surface area contributed by atoms with Gasteiger partial charge in [-0.25, -0.2) is 4.79 Å². The number of hydrogen-bond donors (Lipinski definition) is 1. The molecule has 2 amide bonds. The standard InChI is InChI=1S/C31H34B2N4O4/c1-3-41-27-20-25(40-2)12-13-26(27)30-34-28(21-4-8-23(32)9-5-21)29(22-6-10-24(33)11-7-22)37(30)31(39)36-16-14-35(15-17-36)18-19-38/h4-13,20,28-29,38H,3,14-19H2,1-2H3. The van der Waals surface area contributed by atoms with Crippen molar-refractivity contribution in [1.29, 1.82) is 0 Å². The van der Waals surface area contributed by atoms with Gasteiger partial charge in [0.05, 0.1) is 31.9 Å². The Labute approximate surface area is 244 Å². The maximum atomic E-state index is 14.5. The molecule has 3 aromatic rings. The van der Waals surface area contributed by atoms with Gasteiger partial charge in [0, 0.05) is 38.8 Å². The van der Waals surface area contributed by atoms with Crippen LogP contribution in [0.15, 0.2) is 71.7 Å². The Bertz CT molecular complexity index is 1380. The molecule has 1 fully saturated rings. The Morgan fingerprint density at radius 1 is 0.951 bits per heavy atom. The van der Waals surface area contributed by atoms with Crippen molar-refractivity contribution in [3.63, 3.8) is 0 Å². The number of carbonyl (C=O) groups is 1. The van der Waals surface area contributed by atoms with Crippen molar-refractivity contribution >= 4 is 38.5 Å². The molecular formula is C31H34B2N4O4. The Morgan fingerprint density at radius 3 is 2.17 bits per heavy atom. The van der Waals surface area contributed by atoms with Crippen LogP contribution in [0.4, 0.5) is 4.79 Å². The van der Waals surface area contributed by atoms with Crippen molar-refractivity contribution in [3.05, 3.63) is 83.4 Å². The molecule has 2 aliphatic heterocycles. The number of amides is 2. The summed E-state index contributed by atoms with van der Waals surface area (Å²) in [6.07, 6.45) is 0. The number of β-amino-alcohol motifs (C(OH)–C–C–N with tert-alkyl or cyclic N) is 1. The molecule has 10 heteroatoms. The molecule has 0 aromatic heterocycles. The summed E-state index contributed by atoms with van der Waals surface area (Å²) >= 11 is 0. The number of hydrogen-bond acceptors (Lipinski definition) is 6. The fourth-order valence-corrected chi connectivity index (χ4v) is 5.47. The number of aliphatic hydroxyl groups excluding tert-OH is 1.